The quantitative estimate of drug-likeness (QED) is 0.753. The van der Waals surface area contributed by atoms with Gasteiger partial charge >= 0.3 is 0 Å². The highest BCUT2D eigenvalue weighted by molar-refractivity contribution is 7.99. The summed E-state index contributed by atoms with van der Waals surface area (Å²) in [4.78, 5) is 0. The molecule has 2 aliphatic rings. The number of aliphatic hydroxyl groups is 1. The molecular weight excluding hydrogens is 274 g/mol. The third-order valence-electron chi connectivity index (χ3n) is 4.17. The number of rotatable bonds is 7. The number of hydrogen-bond acceptors (Lipinski definition) is 5. The maximum absolute atomic E-state index is 9.20. The molecule has 0 bridgehead atoms. The Hall–Kier alpha value is 0.190. The minimum absolute atomic E-state index is 0.269. The third kappa shape index (κ3) is 4.34. The largest absolute Gasteiger partial charge is 0.396 e. The van der Waals surface area contributed by atoms with Crippen LogP contribution in [0.5, 0.6) is 0 Å². The van der Waals surface area contributed by atoms with Crippen LogP contribution in [0, 0.1) is 5.92 Å². The van der Waals surface area contributed by atoms with Crippen LogP contribution in [0.15, 0.2) is 0 Å². The molecule has 2 fully saturated rings. The van der Waals surface area contributed by atoms with E-state index >= 15 is 0 Å². The molecule has 2 rings (SSSR count). The Bertz CT molecular complexity index is 284. The van der Waals surface area contributed by atoms with Gasteiger partial charge in [0.15, 0.2) is 5.79 Å². The van der Waals surface area contributed by atoms with Gasteiger partial charge in [0.05, 0.1) is 13.2 Å². The van der Waals surface area contributed by atoms with E-state index in [-0.39, 0.29) is 12.4 Å². The minimum Gasteiger partial charge on any atom is -0.396 e. The molecule has 118 valence electrons. The highest BCUT2D eigenvalue weighted by Gasteiger charge is 2.45. The zero-order chi connectivity index (χ0) is 14.4. The van der Waals surface area contributed by atoms with Crippen molar-refractivity contribution in [2.24, 2.45) is 5.92 Å². The number of hydrogen-bond donors (Lipinski definition) is 2. The second-order valence-corrected chi connectivity index (χ2v) is 7.34. The van der Waals surface area contributed by atoms with Gasteiger partial charge in [-0.25, -0.2) is 0 Å². The lowest BCUT2D eigenvalue weighted by atomic mass is 9.89. The maximum Gasteiger partial charge on any atom is 0.169 e. The number of nitrogens with one attached hydrogen (secondary N) is 1. The molecule has 4 nitrogen and oxygen atoms in total. The molecule has 0 aromatic carbocycles. The van der Waals surface area contributed by atoms with Gasteiger partial charge in [-0.15, -0.1) is 0 Å². The summed E-state index contributed by atoms with van der Waals surface area (Å²) in [6.45, 7) is 7.12. The fourth-order valence-corrected chi connectivity index (χ4v) is 4.47. The lowest BCUT2D eigenvalue weighted by Crippen LogP contribution is -2.50. The predicted molar refractivity (Wildman–Crippen MR) is 83.1 cm³/mol. The van der Waals surface area contributed by atoms with E-state index in [1.165, 1.54) is 6.42 Å². The van der Waals surface area contributed by atoms with Gasteiger partial charge in [-0.3, -0.25) is 0 Å². The van der Waals surface area contributed by atoms with Crippen LogP contribution in [0.3, 0.4) is 0 Å². The van der Waals surface area contributed by atoms with Crippen molar-refractivity contribution in [3.8, 4) is 0 Å². The predicted octanol–water partition coefficient (Wildman–Crippen LogP) is 2.01. The lowest BCUT2D eigenvalue weighted by molar-refractivity contribution is -0.178. The van der Waals surface area contributed by atoms with Crippen LogP contribution >= 0.6 is 11.8 Å². The molecule has 1 aliphatic heterocycles. The van der Waals surface area contributed by atoms with Crippen molar-refractivity contribution in [3.63, 3.8) is 0 Å². The van der Waals surface area contributed by atoms with Crippen molar-refractivity contribution in [3.05, 3.63) is 0 Å². The zero-order valence-corrected chi connectivity index (χ0v) is 13.6. The molecule has 2 N–H and O–H groups in total. The molecule has 20 heavy (non-hydrogen) atoms. The van der Waals surface area contributed by atoms with Gasteiger partial charge in [0, 0.05) is 30.7 Å². The van der Waals surface area contributed by atoms with Crippen molar-refractivity contribution in [2.45, 2.75) is 56.6 Å². The monoisotopic (exact) mass is 303 g/mol. The van der Waals surface area contributed by atoms with Crippen molar-refractivity contribution in [2.75, 3.05) is 32.1 Å². The van der Waals surface area contributed by atoms with Gasteiger partial charge < -0.3 is 19.9 Å². The second kappa shape index (κ2) is 7.99. The average molecular weight is 303 g/mol. The van der Waals surface area contributed by atoms with Crippen LogP contribution in [-0.4, -0.2) is 54.3 Å². The Morgan fingerprint density at radius 1 is 1.40 bits per heavy atom. The molecular formula is C15H29NO3S. The molecule has 0 radical (unpaired) electrons. The number of thioether (sulfide) groups is 1. The van der Waals surface area contributed by atoms with E-state index in [0.717, 1.165) is 44.8 Å². The van der Waals surface area contributed by atoms with Crippen molar-refractivity contribution in [1.82, 2.24) is 5.32 Å². The molecule has 0 aromatic heterocycles. The summed E-state index contributed by atoms with van der Waals surface area (Å²) in [5.74, 6) is 1.04. The van der Waals surface area contributed by atoms with Crippen LogP contribution in [0.25, 0.3) is 0 Å². The van der Waals surface area contributed by atoms with Crippen LogP contribution in [0.1, 0.15) is 39.5 Å². The summed E-state index contributed by atoms with van der Waals surface area (Å²) in [6, 6.07) is 0.546. The molecule has 0 aromatic rings. The highest BCUT2D eigenvalue weighted by Crippen LogP contribution is 2.40. The molecule has 0 amide bonds. The van der Waals surface area contributed by atoms with E-state index in [0.29, 0.717) is 17.2 Å². The van der Waals surface area contributed by atoms with Gasteiger partial charge in [0.2, 0.25) is 0 Å². The Morgan fingerprint density at radius 2 is 2.15 bits per heavy atom. The molecule has 5 heteroatoms. The Kier molecular flexibility index (Phi) is 6.62. The van der Waals surface area contributed by atoms with E-state index in [1.807, 2.05) is 11.8 Å². The normalized spacial score (nSPS) is 30.8. The Balaban J connectivity index is 1.91. The fraction of sp³-hybridized carbons (Fsp3) is 1.00. The first-order valence-electron chi connectivity index (χ1n) is 7.93. The zero-order valence-electron chi connectivity index (χ0n) is 12.8. The van der Waals surface area contributed by atoms with E-state index in [2.05, 4.69) is 19.2 Å². The van der Waals surface area contributed by atoms with Crippen LogP contribution in [-0.2, 0) is 9.47 Å². The molecule has 3 unspecified atom stereocenters. The molecule has 1 saturated heterocycles. The fourth-order valence-electron chi connectivity index (χ4n) is 2.95. The molecule has 1 aliphatic carbocycles. The first-order chi connectivity index (χ1) is 9.69. The summed E-state index contributed by atoms with van der Waals surface area (Å²) < 4.78 is 11.8. The molecule has 1 spiro atoms. The first kappa shape index (κ1) is 16.6. The topological polar surface area (TPSA) is 50.7 Å². The van der Waals surface area contributed by atoms with Gasteiger partial charge in [-0.2, -0.15) is 11.8 Å². The average Bonchev–Trinajstić information content (AvgIpc) is 2.92. The van der Waals surface area contributed by atoms with Gasteiger partial charge in [0.1, 0.15) is 0 Å². The molecule has 3 atom stereocenters. The third-order valence-corrected chi connectivity index (χ3v) is 5.86. The molecule has 1 saturated carbocycles. The van der Waals surface area contributed by atoms with Crippen molar-refractivity contribution in [1.29, 1.82) is 0 Å². The summed E-state index contributed by atoms with van der Waals surface area (Å²) in [7, 11) is 0. The standard InChI is InChI=1S/C15H29NO3S/c1-3-6-16-13-4-5-15(18-7-8-19-15)9-14(13)20-11-12(2)10-17/h12-14,16-17H,3-11H2,1-2H3. The smallest absolute Gasteiger partial charge is 0.169 e. The highest BCUT2D eigenvalue weighted by atomic mass is 32.2. The summed E-state index contributed by atoms with van der Waals surface area (Å²) in [5.41, 5.74) is 0. The summed E-state index contributed by atoms with van der Waals surface area (Å²) in [6.07, 6.45) is 4.25. The minimum atomic E-state index is -0.315. The van der Waals surface area contributed by atoms with Crippen LogP contribution in [0.2, 0.25) is 0 Å². The van der Waals surface area contributed by atoms with E-state index in [9.17, 15) is 5.11 Å². The van der Waals surface area contributed by atoms with Gasteiger partial charge in [-0.05, 0) is 31.1 Å². The number of aliphatic hydroxyl groups excluding tert-OH is 1. The SMILES string of the molecule is CCCNC1CCC2(CC1SCC(C)CO)OCCO2. The Labute approximate surface area is 127 Å². The van der Waals surface area contributed by atoms with Gasteiger partial charge in [-0.1, -0.05) is 13.8 Å². The maximum atomic E-state index is 9.20. The van der Waals surface area contributed by atoms with Crippen molar-refractivity contribution >= 4 is 11.8 Å². The van der Waals surface area contributed by atoms with E-state index < -0.39 is 0 Å². The Morgan fingerprint density at radius 3 is 2.80 bits per heavy atom. The summed E-state index contributed by atoms with van der Waals surface area (Å²) in [5, 5.41) is 13.4. The van der Waals surface area contributed by atoms with E-state index in [1.54, 1.807) is 0 Å². The van der Waals surface area contributed by atoms with Crippen LogP contribution in [0.4, 0.5) is 0 Å². The summed E-state index contributed by atoms with van der Waals surface area (Å²) >= 11 is 1.97. The van der Waals surface area contributed by atoms with E-state index in [4.69, 9.17) is 9.47 Å². The van der Waals surface area contributed by atoms with Crippen LogP contribution < -0.4 is 5.32 Å². The first-order valence-corrected chi connectivity index (χ1v) is 8.98. The lowest BCUT2D eigenvalue weighted by Gasteiger charge is -2.41. The second-order valence-electron chi connectivity index (χ2n) is 6.07. The molecule has 1 heterocycles. The van der Waals surface area contributed by atoms with Gasteiger partial charge in [0.25, 0.3) is 0 Å². The number of ether oxygens (including phenoxy) is 2. The van der Waals surface area contributed by atoms with Crippen molar-refractivity contribution < 1.29 is 14.6 Å².